The summed E-state index contributed by atoms with van der Waals surface area (Å²) in [6.07, 6.45) is 0. The molecule has 0 fully saturated rings. The molecule has 1 N–H and O–H groups in total. The Kier molecular flexibility index (Phi) is 3.38. The number of aromatic nitrogens is 1. The molecule has 0 unspecified atom stereocenters. The summed E-state index contributed by atoms with van der Waals surface area (Å²) in [4.78, 5) is 1.24. The zero-order chi connectivity index (χ0) is 16.2. The molecule has 3 aromatic rings. The molecule has 5 heteroatoms. The van der Waals surface area contributed by atoms with E-state index in [9.17, 15) is 0 Å². The van der Waals surface area contributed by atoms with Crippen molar-refractivity contribution in [3.63, 3.8) is 0 Å². The quantitative estimate of drug-likeness (QED) is 0.518. The number of hydrogen-bond acceptors (Lipinski definition) is 3. The number of fused-ring (bicyclic) bond motifs is 3. The summed E-state index contributed by atoms with van der Waals surface area (Å²) in [6.45, 7) is 4.37. The van der Waals surface area contributed by atoms with Crippen LogP contribution in [0.1, 0.15) is 18.7 Å². The van der Waals surface area contributed by atoms with Crippen molar-refractivity contribution in [2.75, 3.05) is 5.32 Å². The Balaban J connectivity index is 2.05. The Hall–Kier alpha value is -1.62. The Labute approximate surface area is 149 Å². The van der Waals surface area contributed by atoms with E-state index in [0.717, 1.165) is 32.2 Å². The third-order valence-corrected chi connectivity index (χ3v) is 6.27. The van der Waals surface area contributed by atoms with Crippen molar-refractivity contribution in [3.8, 4) is 16.8 Å². The van der Waals surface area contributed by atoms with Gasteiger partial charge in [0.1, 0.15) is 4.64 Å². The summed E-state index contributed by atoms with van der Waals surface area (Å²) in [5.74, 6) is 0. The van der Waals surface area contributed by atoms with Gasteiger partial charge in [-0.05, 0) is 44.2 Å². The lowest BCUT2D eigenvalue weighted by molar-refractivity contribution is 0.620. The minimum absolute atomic E-state index is 0.172. The first-order valence-corrected chi connectivity index (χ1v) is 8.94. The van der Waals surface area contributed by atoms with Gasteiger partial charge in [0.25, 0.3) is 0 Å². The molecule has 1 aromatic heterocycles. The molecule has 0 saturated carbocycles. The first-order chi connectivity index (χ1) is 11.0. The van der Waals surface area contributed by atoms with E-state index in [-0.39, 0.29) is 5.54 Å². The smallest absolute Gasteiger partial charge is 0.129 e. The number of para-hydroxylation sites is 1. The number of halogens is 1. The molecule has 23 heavy (non-hydrogen) atoms. The molecule has 2 aromatic carbocycles. The molecule has 1 aliphatic rings. The van der Waals surface area contributed by atoms with Gasteiger partial charge < -0.3 is 5.32 Å². The number of rotatable bonds is 1. The molecule has 0 bridgehead atoms. The Morgan fingerprint density at radius 3 is 2.61 bits per heavy atom. The molecule has 2 nitrogen and oxygen atoms in total. The fraction of sp³-hybridized carbons (Fsp3) is 0.167. The van der Waals surface area contributed by atoms with E-state index in [1.807, 2.05) is 36.4 Å². The monoisotopic (exact) mass is 358 g/mol. The van der Waals surface area contributed by atoms with E-state index in [0.29, 0.717) is 0 Å². The summed E-state index contributed by atoms with van der Waals surface area (Å²) in [7, 11) is 0. The van der Waals surface area contributed by atoms with Crippen LogP contribution in [0, 0.1) is 4.64 Å². The molecule has 0 atom stereocenters. The van der Waals surface area contributed by atoms with Crippen LogP contribution in [-0.2, 0) is 5.54 Å². The van der Waals surface area contributed by atoms with Gasteiger partial charge in [-0.25, -0.2) is 0 Å². The second-order valence-corrected chi connectivity index (χ2v) is 7.95. The van der Waals surface area contributed by atoms with Crippen LogP contribution in [0.15, 0.2) is 48.5 Å². The highest BCUT2D eigenvalue weighted by atomic mass is 35.5. The second-order valence-electron chi connectivity index (χ2n) is 6.17. The van der Waals surface area contributed by atoms with E-state index in [2.05, 4.69) is 35.3 Å². The molecule has 0 saturated heterocycles. The minimum atomic E-state index is -0.172. The Morgan fingerprint density at radius 1 is 1.13 bits per heavy atom. The highest BCUT2D eigenvalue weighted by molar-refractivity contribution is 7.71. The molecule has 0 aliphatic carbocycles. The third-order valence-electron chi connectivity index (χ3n) is 4.06. The number of nitrogens with one attached hydrogen (secondary N) is 1. The van der Waals surface area contributed by atoms with Crippen molar-refractivity contribution < 1.29 is 0 Å². The van der Waals surface area contributed by atoms with Gasteiger partial charge in [0.05, 0.1) is 16.1 Å². The molecule has 0 amide bonds. The van der Waals surface area contributed by atoms with Gasteiger partial charge in [-0.1, -0.05) is 53.6 Å². The van der Waals surface area contributed by atoms with Crippen molar-refractivity contribution in [2.24, 2.45) is 0 Å². The first kappa shape index (κ1) is 14.9. The number of nitrogens with zero attached hydrogens (tertiary/aromatic N) is 1. The minimum Gasteiger partial charge on any atom is -0.375 e. The van der Waals surface area contributed by atoms with Crippen LogP contribution in [0.25, 0.3) is 16.8 Å². The molecular formula is C18H15ClN2S2. The summed E-state index contributed by atoms with van der Waals surface area (Å²) < 4.78 is 2.97. The standard InChI is InChI=1S/C18H15ClN2S2/c1-18(2)16-15(13-10-11(19)8-9-14(13)20-18)17(22)21(23-16)12-6-4-3-5-7-12/h3-10,20H,1-2H3. The highest BCUT2D eigenvalue weighted by Gasteiger charge is 2.34. The zero-order valence-corrected chi connectivity index (χ0v) is 15.1. The lowest BCUT2D eigenvalue weighted by Gasteiger charge is -2.33. The maximum atomic E-state index is 6.23. The fourth-order valence-corrected chi connectivity index (χ4v) is 4.83. The topological polar surface area (TPSA) is 17.0 Å². The van der Waals surface area contributed by atoms with Crippen LogP contribution in [-0.4, -0.2) is 3.96 Å². The lowest BCUT2D eigenvalue weighted by atomic mass is 9.90. The molecule has 0 spiro atoms. The van der Waals surface area contributed by atoms with Crippen LogP contribution in [0.2, 0.25) is 5.02 Å². The lowest BCUT2D eigenvalue weighted by Crippen LogP contribution is -2.30. The van der Waals surface area contributed by atoms with E-state index >= 15 is 0 Å². The van der Waals surface area contributed by atoms with Crippen molar-refractivity contribution in [3.05, 3.63) is 63.1 Å². The predicted octanol–water partition coefficient (Wildman–Crippen LogP) is 6.25. The van der Waals surface area contributed by atoms with E-state index in [1.165, 1.54) is 4.88 Å². The van der Waals surface area contributed by atoms with E-state index < -0.39 is 0 Å². The molecule has 0 radical (unpaired) electrons. The maximum Gasteiger partial charge on any atom is 0.129 e. The maximum absolute atomic E-state index is 6.23. The fourth-order valence-electron chi connectivity index (χ4n) is 3.00. The van der Waals surface area contributed by atoms with Gasteiger partial charge in [-0.3, -0.25) is 3.96 Å². The van der Waals surface area contributed by atoms with Crippen LogP contribution in [0.5, 0.6) is 0 Å². The first-order valence-electron chi connectivity index (χ1n) is 7.38. The normalized spacial score (nSPS) is 14.7. The zero-order valence-electron chi connectivity index (χ0n) is 12.8. The van der Waals surface area contributed by atoms with Gasteiger partial charge in [0.2, 0.25) is 0 Å². The van der Waals surface area contributed by atoms with Crippen molar-refractivity contribution in [1.82, 2.24) is 3.96 Å². The van der Waals surface area contributed by atoms with Crippen molar-refractivity contribution >= 4 is 41.0 Å². The number of benzene rings is 2. The third kappa shape index (κ3) is 2.33. The summed E-state index contributed by atoms with van der Waals surface area (Å²) in [5.41, 5.74) is 4.21. The van der Waals surface area contributed by atoms with Gasteiger partial charge in [0, 0.05) is 21.8 Å². The molecule has 2 heterocycles. The Bertz CT molecular complexity index is 955. The second kappa shape index (κ2) is 5.20. The van der Waals surface area contributed by atoms with Gasteiger partial charge in [0.15, 0.2) is 0 Å². The Morgan fingerprint density at radius 2 is 1.87 bits per heavy atom. The average molecular weight is 359 g/mol. The molecule has 116 valence electrons. The molecular weight excluding hydrogens is 344 g/mol. The van der Waals surface area contributed by atoms with Crippen molar-refractivity contribution in [2.45, 2.75) is 19.4 Å². The van der Waals surface area contributed by atoms with E-state index in [4.69, 9.17) is 23.8 Å². The molecule has 4 rings (SSSR count). The highest BCUT2D eigenvalue weighted by Crippen LogP contribution is 2.48. The van der Waals surface area contributed by atoms with Crippen molar-refractivity contribution in [1.29, 1.82) is 0 Å². The van der Waals surface area contributed by atoms with E-state index in [1.54, 1.807) is 11.5 Å². The summed E-state index contributed by atoms with van der Waals surface area (Å²) >= 11 is 13.7. The summed E-state index contributed by atoms with van der Waals surface area (Å²) in [6, 6.07) is 16.2. The van der Waals surface area contributed by atoms with Gasteiger partial charge in [-0.15, -0.1) is 0 Å². The number of hydrogen-bond donors (Lipinski definition) is 1. The van der Waals surface area contributed by atoms with Gasteiger partial charge >= 0.3 is 0 Å². The predicted molar refractivity (Wildman–Crippen MR) is 102 cm³/mol. The summed E-state index contributed by atoms with van der Waals surface area (Å²) in [5, 5.41) is 4.33. The van der Waals surface area contributed by atoms with Crippen LogP contribution in [0.4, 0.5) is 5.69 Å². The number of anilines is 1. The van der Waals surface area contributed by atoms with Crippen LogP contribution >= 0.6 is 35.4 Å². The average Bonchev–Trinajstić information content (AvgIpc) is 2.88. The largest absolute Gasteiger partial charge is 0.375 e. The van der Waals surface area contributed by atoms with Crippen LogP contribution < -0.4 is 5.32 Å². The van der Waals surface area contributed by atoms with Gasteiger partial charge in [-0.2, -0.15) is 0 Å². The van der Waals surface area contributed by atoms with Crippen LogP contribution in [0.3, 0.4) is 0 Å². The molecule has 1 aliphatic heterocycles. The SMILES string of the molecule is CC1(C)Nc2ccc(Cl)cc2-c2c1sn(-c1ccccc1)c2=S.